The number of nitrogens with zero attached hydrogens (tertiary/aromatic N) is 4. The molecule has 0 aliphatic heterocycles. The van der Waals surface area contributed by atoms with Gasteiger partial charge in [0.25, 0.3) is 5.91 Å². The van der Waals surface area contributed by atoms with Gasteiger partial charge in [0.2, 0.25) is 0 Å². The number of amides is 1. The van der Waals surface area contributed by atoms with E-state index in [-0.39, 0.29) is 18.2 Å². The Hall–Kier alpha value is -3.19. The van der Waals surface area contributed by atoms with Gasteiger partial charge in [-0.3, -0.25) is 4.79 Å². The minimum absolute atomic E-state index is 0.0196. The number of hydrogen-bond donors (Lipinski definition) is 2. The van der Waals surface area contributed by atoms with Crippen LogP contribution in [-0.4, -0.2) is 32.2 Å². The van der Waals surface area contributed by atoms with Crippen LogP contribution in [0.15, 0.2) is 59.8 Å². The van der Waals surface area contributed by atoms with Crippen molar-refractivity contribution in [3.8, 4) is 17.0 Å². The lowest BCUT2D eigenvalue weighted by Crippen LogP contribution is -2.23. The molecule has 0 bridgehead atoms. The van der Waals surface area contributed by atoms with Gasteiger partial charge in [0.05, 0.1) is 12.4 Å². The number of hydrazone groups is 1. The van der Waals surface area contributed by atoms with Crippen molar-refractivity contribution in [2.75, 3.05) is 0 Å². The zero-order valence-corrected chi connectivity index (χ0v) is 13.8. The summed E-state index contributed by atoms with van der Waals surface area (Å²) in [5.74, 6) is -0.353. The number of nitrogens with one attached hydrogen (secondary N) is 1. The van der Waals surface area contributed by atoms with Crippen molar-refractivity contribution in [3.63, 3.8) is 0 Å². The summed E-state index contributed by atoms with van der Waals surface area (Å²) < 4.78 is 1.42. The Morgan fingerprint density at radius 1 is 1.28 bits per heavy atom. The fraction of sp³-hybridized carbons (Fsp3) is 0.0588. The van der Waals surface area contributed by atoms with Crippen molar-refractivity contribution in [1.29, 1.82) is 0 Å². The highest BCUT2D eigenvalue weighted by Gasteiger charge is 2.07. The topological polar surface area (TPSA) is 92.4 Å². The van der Waals surface area contributed by atoms with E-state index in [2.05, 4.69) is 20.8 Å². The maximum absolute atomic E-state index is 11.9. The predicted molar refractivity (Wildman–Crippen MR) is 94.3 cm³/mol. The fourth-order valence-corrected chi connectivity index (χ4v) is 2.28. The second-order valence-electron chi connectivity index (χ2n) is 5.16. The van der Waals surface area contributed by atoms with Gasteiger partial charge in [-0.25, -0.2) is 10.1 Å². The van der Waals surface area contributed by atoms with Crippen LogP contribution < -0.4 is 5.43 Å². The van der Waals surface area contributed by atoms with Gasteiger partial charge < -0.3 is 5.11 Å². The number of rotatable bonds is 5. The third kappa shape index (κ3) is 4.42. The first-order valence-corrected chi connectivity index (χ1v) is 7.75. The van der Waals surface area contributed by atoms with E-state index in [0.717, 1.165) is 5.56 Å². The standard InChI is InChI=1S/C17H14ClN5O2/c18-14-6-7-16(24)13(8-14)9-19-21-17(25)11-23-10-15(20-22-23)12-4-2-1-3-5-12/h1-10,24H,11H2,(H,21,25)/b19-9+. The third-order valence-corrected chi connectivity index (χ3v) is 3.53. The molecule has 1 aromatic heterocycles. The van der Waals surface area contributed by atoms with Gasteiger partial charge in [-0.15, -0.1) is 5.10 Å². The quantitative estimate of drug-likeness (QED) is 0.543. The average molecular weight is 356 g/mol. The van der Waals surface area contributed by atoms with E-state index >= 15 is 0 Å². The van der Waals surface area contributed by atoms with E-state index in [4.69, 9.17) is 11.6 Å². The van der Waals surface area contributed by atoms with Gasteiger partial charge in [-0.05, 0) is 18.2 Å². The molecule has 0 aliphatic rings. The van der Waals surface area contributed by atoms with Crippen molar-refractivity contribution < 1.29 is 9.90 Å². The summed E-state index contributed by atoms with van der Waals surface area (Å²) in [4.78, 5) is 11.9. The second-order valence-corrected chi connectivity index (χ2v) is 5.60. The summed E-state index contributed by atoms with van der Waals surface area (Å²) in [5, 5.41) is 21.9. The summed E-state index contributed by atoms with van der Waals surface area (Å²) in [7, 11) is 0. The van der Waals surface area contributed by atoms with Crippen LogP contribution in [0.5, 0.6) is 5.75 Å². The molecule has 126 valence electrons. The Bertz CT molecular complexity index is 908. The molecule has 25 heavy (non-hydrogen) atoms. The van der Waals surface area contributed by atoms with Crippen LogP contribution in [0.25, 0.3) is 11.3 Å². The van der Waals surface area contributed by atoms with Crippen LogP contribution in [0.4, 0.5) is 0 Å². The molecule has 0 aliphatic carbocycles. The predicted octanol–water partition coefficient (Wildman–Crippen LogP) is 2.45. The molecule has 0 saturated heterocycles. The molecule has 0 fully saturated rings. The Balaban J connectivity index is 1.59. The lowest BCUT2D eigenvalue weighted by molar-refractivity contribution is -0.121. The van der Waals surface area contributed by atoms with Gasteiger partial charge in [-0.2, -0.15) is 5.10 Å². The Labute approximate surface area is 148 Å². The summed E-state index contributed by atoms with van der Waals surface area (Å²) >= 11 is 5.84. The molecular weight excluding hydrogens is 342 g/mol. The first kappa shape index (κ1) is 16.7. The number of aromatic nitrogens is 3. The zero-order chi connectivity index (χ0) is 17.6. The van der Waals surface area contributed by atoms with Gasteiger partial charge in [0.1, 0.15) is 18.0 Å². The number of halogens is 1. The lowest BCUT2D eigenvalue weighted by Gasteiger charge is -2.01. The largest absolute Gasteiger partial charge is 0.507 e. The van der Waals surface area contributed by atoms with Crippen LogP contribution >= 0.6 is 11.6 Å². The highest BCUT2D eigenvalue weighted by Crippen LogP contribution is 2.19. The normalized spacial score (nSPS) is 10.9. The number of benzene rings is 2. The van der Waals surface area contributed by atoms with E-state index in [0.29, 0.717) is 16.3 Å². The average Bonchev–Trinajstić information content (AvgIpc) is 3.07. The molecule has 1 heterocycles. The smallest absolute Gasteiger partial charge is 0.261 e. The third-order valence-electron chi connectivity index (χ3n) is 3.30. The highest BCUT2D eigenvalue weighted by molar-refractivity contribution is 6.30. The summed E-state index contributed by atoms with van der Waals surface area (Å²) in [6.45, 7) is -0.0291. The minimum atomic E-state index is -0.373. The second kappa shape index (κ2) is 7.59. The monoisotopic (exact) mass is 355 g/mol. The highest BCUT2D eigenvalue weighted by atomic mass is 35.5. The van der Waals surface area contributed by atoms with Crippen molar-refractivity contribution in [2.45, 2.75) is 6.54 Å². The molecule has 3 rings (SSSR count). The number of phenols is 1. The van der Waals surface area contributed by atoms with Crippen molar-refractivity contribution in [2.24, 2.45) is 5.10 Å². The van der Waals surface area contributed by atoms with E-state index in [1.807, 2.05) is 30.3 Å². The van der Waals surface area contributed by atoms with Crippen molar-refractivity contribution >= 4 is 23.7 Å². The van der Waals surface area contributed by atoms with Gasteiger partial charge >= 0.3 is 0 Å². The van der Waals surface area contributed by atoms with E-state index < -0.39 is 0 Å². The van der Waals surface area contributed by atoms with Crippen LogP contribution in [0.3, 0.4) is 0 Å². The van der Waals surface area contributed by atoms with Crippen LogP contribution in [0.2, 0.25) is 5.02 Å². The maximum atomic E-state index is 11.9. The summed E-state index contributed by atoms with van der Waals surface area (Å²) in [6.07, 6.45) is 3.00. The van der Waals surface area contributed by atoms with Crippen molar-refractivity contribution in [3.05, 3.63) is 65.3 Å². The van der Waals surface area contributed by atoms with Crippen LogP contribution in [-0.2, 0) is 11.3 Å². The van der Waals surface area contributed by atoms with Crippen LogP contribution in [0.1, 0.15) is 5.56 Å². The SMILES string of the molecule is O=C(Cn1cc(-c2ccccc2)nn1)N/N=C/c1cc(Cl)ccc1O. The van der Waals surface area contributed by atoms with Gasteiger partial charge in [0.15, 0.2) is 0 Å². The molecule has 0 saturated carbocycles. The number of phenolic OH excluding ortho intramolecular Hbond substituents is 1. The molecule has 0 atom stereocenters. The number of aromatic hydroxyl groups is 1. The number of carbonyl (C=O) groups is 1. The van der Waals surface area contributed by atoms with Crippen LogP contribution in [0, 0.1) is 0 Å². The Morgan fingerprint density at radius 3 is 2.88 bits per heavy atom. The Kier molecular flexibility index (Phi) is 5.06. The molecule has 7 nitrogen and oxygen atoms in total. The molecule has 2 N–H and O–H groups in total. The van der Waals surface area contributed by atoms with Gasteiger partial charge in [0, 0.05) is 16.1 Å². The first-order valence-electron chi connectivity index (χ1n) is 7.38. The molecular formula is C17H14ClN5O2. The van der Waals surface area contributed by atoms with Gasteiger partial charge in [-0.1, -0.05) is 47.1 Å². The molecule has 1 amide bonds. The molecule has 0 spiro atoms. The minimum Gasteiger partial charge on any atom is -0.507 e. The fourth-order valence-electron chi connectivity index (χ4n) is 2.10. The first-order chi connectivity index (χ1) is 12.1. The summed E-state index contributed by atoms with van der Waals surface area (Å²) in [5.41, 5.74) is 4.37. The van der Waals surface area contributed by atoms with Crippen molar-refractivity contribution in [1.82, 2.24) is 20.4 Å². The molecule has 2 aromatic carbocycles. The number of hydrogen-bond acceptors (Lipinski definition) is 5. The van der Waals surface area contributed by atoms with E-state index in [1.54, 1.807) is 12.3 Å². The molecule has 0 radical (unpaired) electrons. The zero-order valence-electron chi connectivity index (χ0n) is 13.0. The van der Waals surface area contributed by atoms with E-state index in [9.17, 15) is 9.90 Å². The van der Waals surface area contributed by atoms with E-state index in [1.165, 1.54) is 23.0 Å². The molecule has 8 heteroatoms. The Morgan fingerprint density at radius 2 is 2.08 bits per heavy atom. The number of carbonyl (C=O) groups excluding carboxylic acids is 1. The maximum Gasteiger partial charge on any atom is 0.261 e. The molecule has 3 aromatic rings. The molecule has 0 unspecified atom stereocenters. The lowest BCUT2D eigenvalue weighted by atomic mass is 10.2. The summed E-state index contributed by atoms with van der Waals surface area (Å²) in [6, 6.07) is 14.1.